The Morgan fingerprint density at radius 3 is 2.48 bits per heavy atom. The zero-order valence-corrected chi connectivity index (χ0v) is 15.3. The fourth-order valence-electron chi connectivity index (χ4n) is 3.93. The largest absolute Gasteiger partial charge is 0.366 e. The van der Waals surface area contributed by atoms with Gasteiger partial charge in [0, 0.05) is 45.3 Å². The molecule has 0 radical (unpaired) electrons. The summed E-state index contributed by atoms with van der Waals surface area (Å²) in [7, 11) is 0. The van der Waals surface area contributed by atoms with Gasteiger partial charge in [-0.25, -0.2) is 0 Å². The number of carbonyl (C=O) groups is 2. The second-order valence-electron chi connectivity index (χ2n) is 7.69. The van der Waals surface area contributed by atoms with E-state index in [2.05, 4.69) is 22.5 Å². The Bertz CT molecular complexity index is 451. The average Bonchev–Trinajstić information content (AvgIpc) is 2.64. The summed E-state index contributed by atoms with van der Waals surface area (Å²) in [5.41, 5.74) is 0. The lowest BCUT2D eigenvalue weighted by Gasteiger charge is -2.37. The summed E-state index contributed by atoms with van der Waals surface area (Å²) >= 11 is 0. The standard InChI is InChI=1S/C18H32N4O3/c1-14-2-4-15(5-3-14)20-17(23)13-21-7-9-22(10-8-21)18(24)16-12-19-6-11-25-16/h14-16,19H,2-13H2,1H3,(H,20,23). The highest BCUT2D eigenvalue weighted by atomic mass is 16.5. The Hall–Kier alpha value is -1.18. The fourth-order valence-corrected chi connectivity index (χ4v) is 3.93. The molecule has 0 aromatic carbocycles. The molecule has 1 saturated carbocycles. The van der Waals surface area contributed by atoms with Crippen molar-refractivity contribution in [2.45, 2.75) is 44.8 Å². The predicted molar refractivity (Wildman–Crippen MR) is 95.2 cm³/mol. The Morgan fingerprint density at radius 2 is 1.84 bits per heavy atom. The molecule has 0 bridgehead atoms. The molecule has 142 valence electrons. The number of morpholine rings is 1. The second kappa shape index (κ2) is 8.96. The molecule has 2 saturated heterocycles. The Balaban J connectivity index is 1.35. The third kappa shape index (κ3) is 5.39. The van der Waals surface area contributed by atoms with Gasteiger partial charge in [0.2, 0.25) is 5.91 Å². The van der Waals surface area contributed by atoms with Crippen molar-refractivity contribution in [3.63, 3.8) is 0 Å². The molecule has 25 heavy (non-hydrogen) atoms. The third-order valence-electron chi connectivity index (χ3n) is 5.64. The normalized spacial score (nSPS) is 31.6. The van der Waals surface area contributed by atoms with Gasteiger partial charge >= 0.3 is 0 Å². The molecule has 0 spiro atoms. The summed E-state index contributed by atoms with van der Waals surface area (Å²) in [6.45, 7) is 7.58. The summed E-state index contributed by atoms with van der Waals surface area (Å²) in [4.78, 5) is 28.7. The van der Waals surface area contributed by atoms with Crippen LogP contribution in [0.2, 0.25) is 0 Å². The molecule has 7 nitrogen and oxygen atoms in total. The number of carbonyl (C=O) groups excluding carboxylic acids is 2. The van der Waals surface area contributed by atoms with E-state index in [4.69, 9.17) is 4.74 Å². The number of hydrogen-bond acceptors (Lipinski definition) is 5. The minimum atomic E-state index is -0.350. The molecule has 3 rings (SSSR count). The van der Waals surface area contributed by atoms with Crippen LogP contribution in [0.4, 0.5) is 0 Å². The minimum Gasteiger partial charge on any atom is -0.366 e. The molecule has 1 aliphatic carbocycles. The van der Waals surface area contributed by atoms with Gasteiger partial charge in [-0.1, -0.05) is 6.92 Å². The monoisotopic (exact) mass is 352 g/mol. The summed E-state index contributed by atoms with van der Waals surface area (Å²) in [6.07, 6.45) is 4.28. The fraction of sp³-hybridized carbons (Fsp3) is 0.889. The topological polar surface area (TPSA) is 73.9 Å². The first-order valence-electron chi connectivity index (χ1n) is 9.74. The maximum absolute atomic E-state index is 12.4. The highest BCUT2D eigenvalue weighted by Gasteiger charge is 2.30. The van der Waals surface area contributed by atoms with Crippen LogP contribution in [0.3, 0.4) is 0 Å². The van der Waals surface area contributed by atoms with Gasteiger partial charge < -0.3 is 20.3 Å². The van der Waals surface area contributed by atoms with Gasteiger partial charge in [0.05, 0.1) is 13.2 Å². The van der Waals surface area contributed by atoms with Crippen molar-refractivity contribution in [3.05, 3.63) is 0 Å². The third-order valence-corrected chi connectivity index (χ3v) is 5.64. The van der Waals surface area contributed by atoms with Crippen molar-refractivity contribution in [2.24, 2.45) is 5.92 Å². The van der Waals surface area contributed by atoms with Gasteiger partial charge in [-0.15, -0.1) is 0 Å². The highest BCUT2D eigenvalue weighted by Crippen LogP contribution is 2.23. The van der Waals surface area contributed by atoms with E-state index in [9.17, 15) is 9.59 Å². The van der Waals surface area contributed by atoms with E-state index >= 15 is 0 Å². The van der Waals surface area contributed by atoms with E-state index in [1.165, 1.54) is 12.8 Å². The Morgan fingerprint density at radius 1 is 1.12 bits per heavy atom. The summed E-state index contributed by atoms with van der Waals surface area (Å²) < 4.78 is 5.54. The summed E-state index contributed by atoms with van der Waals surface area (Å²) in [5.74, 6) is 0.994. The molecule has 1 unspecified atom stereocenters. The number of ether oxygens (including phenoxy) is 1. The van der Waals surface area contributed by atoms with Gasteiger partial charge in [-0.2, -0.15) is 0 Å². The molecule has 7 heteroatoms. The minimum absolute atomic E-state index is 0.0765. The van der Waals surface area contributed by atoms with E-state index in [0.29, 0.717) is 38.8 Å². The summed E-state index contributed by atoms with van der Waals surface area (Å²) in [6, 6.07) is 0.350. The lowest BCUT2D eigenvalue weighted by Crippen LogP contribution is -2.56. The first kappa shape index (κ1) is 18.6. The van der Waals surface area contributed by atoms with E-state index < -0.39 is 0 Å². The van der Waals surface area contributed by atoms with Crippen LogP contribution in [0.1, 0.15) is 32.6 Å². The van der Waals surface area contributed by atoms with Crippen LogP contribution in [-0.2, 0) is 14.3 Å². The van der Waals surface area contributed by atoms with E-state index in [0.717, 1.165) is 38.4 Å². The van der Waals surface area contributed by atoms with Crippen LogP contribution in [0, 0.1) is 5.92 Å². The van der Waals surface area contributed by atoms with Crippen LogP contribution >= 0.6 is 0 Å². The first-order chi connectivity index (χ1) is 12.1. The molecular weight excluding hydrogens is 320 g/mol. The molecule has 2 heterocycles. The maximum Gasteiger partial charge on any atom is 0.253 e. The lowest BCUT2D eigenvalue weighted by molar-refractivity contribution is -0.147. The SMILES string of the molecule is CC1CCC(NC(=O)CN2CCN(C(=O)C3CNCCO3)CC2)CC1. The van der Waals surface area contributed by atoms with Gasteiger partial charge in [0.1, 0.15) is 6.10 Å². The van der Waals surface area contributed by atoms with Gasteiger partial charge in [0.15, 0.2) is 0 Å². The van der Waals surface area contributed by atoms with Crippen LogP contribution in [0.25, 0.3) is 0 Å². The van der Waals surface area contributed by atoms with Crippen molar-refractivity contribution in [1.82, 2.24) is 20.4 Å². The number of rotatable bonds is 4. The lowest BCUT2D eigenvalue weighted by atomic mass is 9.87. The van der Waals surface area contributed by atoms with Gasteiger partial charge in [-0.05, 0) is 31.6 Å². The Kier molecular flexibility index (Phi) is 6.67. The molecular formula is C18H32N4O3. The average molecular weight is 352 g/mol. The van der Waals surface area contributed by atoms with Crippen molar-refractivity contribution < 1.29 is 14.3 Å². The van der Waals surface area contributed by atoms with Crippen LogP contribution in [0.5, 0.6) is 0 Å². The molecule has 3 aliphatic rings. The van der Waals surface area contributed by atoms with Crippen LogP contribution in [-0.4, -0.2) is 86.2 Å². The quantitative estimate of drug-likeness (QED) is 0.734. The van der Waals surface area contributed by atoms with Crippen molar-refractivity contribution in [2.75, 3.05) is 52.4 Å². The first-order valence-corrected chi connectivity index (χ1v) is 9.74. The van der Waals surface area contributed by atoms with Crippen molar-refractivity contribution >= 4 is 11.8 Å². The zero-order valence-electron chi connectivity index (χ0n) is 15.3. The Labute approximate surface area is 150 Å². The highest BCUT2D eigenvalue weighted by molar-refractivity contribution is 5.81. The van der Waals surface area contributed by atoms with Crippen LogP contribution < -0.4 is 10.6 Å². The smallest absolute Gasteiger partial charge is 0.253 e. The number of nitrogens with zero attached hydrogens (tertiary/aromatic N) is 2. The van der Waals surface area contributed by atoms with Gasteiger partial charge in [-0.3, -0.25) is 14.5 Å². The molecule has 2 N–H and O–H groups in total. The van der Waals surface area contributed by atoms with E-state index in [1.807, 2.05) is 4.90 Å². The van der Waals surface area contributed by atoms with Crippen molar-refractivity contribution in [3.8, 4) is 0 Å². The van der Waals surface area contributed by atoms with E-state index in [-0.39, 0.29) is 17.9 Å². The molecule has 3 fully saturated rings. The number of piperazine rings is 1. The zero-order chi connectivity index (χ0) is 17.6. The summed E-state index contributed by atoms with van der Waals surface area (Å²) in [5, 5.41) is 6.38. The predicted octanol–water partition coefficient (Wildman–Crippen LogP) is -0.186. The number of amides is 2. The van der Waals surface area contributed by atoms with Crippen LogP contribution in [0.15, 0.2) is 0 Å². The van der Waals surface area contributed by atoms with Crippen molar-refractivity contribution in [1.29, 1.82) is 0 Å². The molecule has 0 aromatic heterocycles. The molecule has 1 atom stereocenters. The molecule has 0 aromatic rings. The molecule has 2 amide bonds. The molecule has 2 aliphatic heterocycles. The second-order valence-corrected chi connectivity index (χ2v) is 7.69. The van der Waals surface area contributed by atoms with Gasteiger partial charge in [0.25, 0.3) is 5.91 Å². The number of nitrogens with one attached hydrogen (secondary N) is 2. The van der Waals surface area contributed by atoms with E-state index in [1.54, 1.807) is 0 Å². The maximum atomic E-state index is 12.4. The number of hydrogen-bond donors (Lipinski definition) is 2.